The minimum Gasteiger partial charge on any atom is -0.508 e. The molecule has 0 aromatic heterocycles. The molecule has 0 unspecified atom stereocenters. The predicted octanol–water partition coefficient (Wildman–Crippen LogP) is 4.16. The zero-order valence-corrected chi connectivity index (χ0v) is 13.3. The quantitative estimate of drug-likeness (QED) is 0.833. The fraction of sp³-hybridized carbons (Fsp3) is 0.222. The van der Waals surface area contributed by atoms with Gasteiger partial charge in [-0.2, -0.15) is 10.5 Å². The molecule has 23 heavy (non-hydrogen) atoms. The van der Waals surface area contributed by atoms with Gasteiger partial charge in [-0.3, -0.25) is 0 Å². The molecule has 0 aliphatic rings. The van der Waals surface area contributed by atoms with Crippen molar-refractivity contribution in [2.45, 2.75) is 35.5 Å². The van der Waals surface area contributed by atoms with Crippen molar-refractivity contribution in [3.8, 4) is 23.6 Å². The van der Waals surface area contributed by atoms with Gasteiger partial charge in [0.15, 0.2) is 0 Å². The highest BCUT2D eigenvalue weighted by molar-refractivity contribution is 7.99. The SMILES string of the molecule is N#CCCc1cc(O)ccc1Sc1ccc(O)cc1CCC#N. The second kappa shape index (κ2) is 8.12. The van der Waals surface area contributed by atoms with Gasteiger partial charge in [-0.15, -0.1) is 0 Å². The van der Waals surface area contributed by atoms with Gasteiger partial charge in [0.05, 0.1) is 12.1 Å². The first-order valence-electron chi connectivity index (χ1n) is 7.19. The Morgan fingerprint density at radius 2 is 1.22 bits per heavy atom. The summed E-state index contributed by atoms with van der Waals surface area (Å²) in [7, 11) is 0. The molecule has 2 aromatic carbocycles. The largest absolute Gasteiger partial charge is 0.508 e. The van der Waals surface area contributed by atoms with Crippen molar-refractivity contribution >= 4 is 11.8 Å². The number of nitriles is 2. The number of aryl methyl sites for hydroxylation is 2. The Kier molecular flexibility index (Phi) is 5.91. The highest BCUT2D eigenvalue weighted by Gasteiger charge is 2.10. The number of phenols is 2. The molecule has 0 aliphatic carbocycles. The summed E-state index contributed by atoms with van der Waals surface area (Å²) in [6.07, 6.45) is 1.90. The van der Waals surface area contributed by atoms with Gasteiger partial charge in [0, 0.05) is 22.6 Å². The zero-order chi connectivity index (χ0) is 16.7. The minimum absolute atomic E-state index is 0.178. The Morgan fingerprint density at radius 1 is 0.783 bits per heavy atom. The van der Waals surface area contributed by atoms with E-state index < -0.39 is 0 Å². The van der Waals surface area contributed by atoms with Crippen LogP contribution in [0.25, 0.3) is 0 Å². The number of hydrogen-bond acceptors (Lipinski definition) is 5. The molecular formula is C18H16N2O2S. The molecule has 2 N–H and O–H groups in total. The third-order valence-electron chi connectivity index (χ3n) is 3.32. The van der Waals surface area contributed by atoms with E-state index in [1.165, 1.54) is 11.8 Å². The number of rotatable bonds is 6. The first kappa shape index (κ1) is 16.7. The van der Waals surface area contributed by atoms with Crippen LogP contribution in [-0.2, 0) is 12.8 Å². The first-order valence-corrected chi connectivity index (χ1v) is 8.01. The molecule has 0 bridgehead atoms. The standard InChI is InChI=1S/C18H16N2O2S/c19-9-1-3-13-11-15(21)5-7-17(13)23-18-8-6-16(22)12-14(18)4-2-10-20/h5-8,11-12,21-22H,1-4H2. The van der Waals surface area contributed by atoms with Crippen molar-refractivity contribution in [1.29, 1.82) is 10.5 Å². The molecule has 116 valence electrons. The molecule has 0 saturated carbocycles. The molecule has 0 saturated heterocycles. The van der Waals surface area contributed by atoms with Crippen molar-refractivity contribution in [3.05, 3.63) is 47.5 Å². The summed E-state index contributed by atoms with van der Waals surface area (Å²) in [5.74, 6) is 0.357. The van der Waals surface area contributed by atoms with Gasteiger partial charge in [0.1, 0.15) is 11.5 Å². The number of aromatic hydroxyl groups is 2. The summed E-state index contributed by atoms with van der Waals surface area (Å²) in [5.41, 5.74) is 1.83. The summed E-state index contributed by atoms with van der Waals surface area (Å²) >= 11 is 1.52. The van der Waals surface area contributed by atoms with Gasteiger partial charge >= 0.3 is 0 Å². The van der Waals surface area contributed by atoms with E-state index in [9.17, 15) is 10.2 Å². The molecule has 5 heteroatoms. The second-order valence-electron chi connectivity index (χ2n) is 5.00. The molecule has 0 aliphatic heterocycles. The number of hydrogen-bond donors (Lipinski definition) is 2. The van der Waals surface area contributed by atoms with Gasteiger partial charge in [-0.05, 0) is 60.4 Å². The Balaban J connectivity index is 2.32. The molecule has 0 spiro atoms. The Labute approximate surface area is 139 Å². The van der Waals surface area contributed by atoms with Gasteiger partial charge in [0.2, 0.25) is 0 Å². The van der Waals surface area contributed by atoms with Crippen LogP contribution in [0.2, 0.25) is 0 Å². The van der Waals surface area contributed by atoms with Crippen LogP contribution in [0.15, 0.2) is 46.2 Å². The summed E-state index contributed by atoms with van der Waals surface area (Å²) < 4.78 is 0. The molecule has 2 rings (SSSR count). The molecule has 0 atom stereocenters. The number of phenolic OH excluding ortho intramolecular Hbond substituents is 2. The van der Waals surface area contributed by atoms with Crippen molar-refractivity contribution in [3.63, 3.8) is 0 Å². The van der Waals surface area contributed by atoms with E-state index in [4.69, 9.17) is 10.5 Å². The van der Waals surface area contributed by atoms with E-state index in [-0.39, 0.29) is 11.5 Å². The molecule has 0 amide bonds. The molecule has 0 fully saturated rings. The van der Waals surface area contributed by atoms with Gasteiger partial charge < -0.3 is 10.2 Å². The van der Waals surface area contributed by atoms with E-state index in [0.717, 1.165) is 20.9 Å². The van der Waals surface area contributed by atoms with Crippen LogP contribution in [0.1, 0.15) is 24.0 Å². The summed E-state index contributed by atoms with van der Waals surface area (Å²) in [4.78, 5) is 1.92. The maximum absolute atomic E-state index is 9.65. The van der Waals surface area contributed by atoms with Crippen LogP contribution < -0.4 is 0 Å². The smallest absolute Gasteiger partial charge is 0.115 e. The monoisotopic (exact) mass is 324 g/mol. The van der Waals surface area contributed by atoms with E-state index in [0.29, 0.717) is 25.7 Å². The van der Waals surface area contributed by atoms with Gasteiger partial charge in [-0.25, -0.2) is 0 Å². The lowest BCUT2D eigenvalue weighted by atomic mass is 10.1. The predicted molar refractivity (Wildman–Crippen MR) is 88.2 cm³/mol. The van der Waals surface area contributed by atoms with E-state index >= 15 is 0 Å². The van der Waals surface area contributed by atoms with Crippen molar-refractivity contribution in [2.75, 3.05) is 0 Å². The van der Waals surface area contributed by atoms with Crippen LogP contribution in [0.5, 0.6) is 11.5 Å². The van der Waals surface area contributed by atoms with E-state index in [1.54, 1.807) is 24.3 Å². The molecular weight excluding hydrogens is 308 g/mol. The summed E-state index contributed by atoms with van der Waals surface area (Å²) in [6.45, 7) is 0. The number of benzene rings is 2. The van der Waals surface area contributed by atoms with Gasteiger partial charge in [-0.1, -0.05) is 11.8 Å². The minimum atomic E-state index is 0.178. The van der Waals surface area contributed by atoms with E-state index in [1.807, 2.05) is 12.1 Å². The zero-order valence-electron chi connectivity index (χ0n) is 12.5. The fourth-order valence-corrected chi connectivity index (χ4v) is 3.31. The highest BCUT2D eigenvalue weighted by Crippen LogP contribution is 2.36. The van der Waals surface area contributed by atoms with Crippen molar-refractivity contribution in [1.82, 2.24) is 0 Å². The maximum atomic E-state index is 9.65. The first-order chi connectivity index (χ1) is 11.1. The average Bonchev–Trinajstić information content (AvgIpc) is 2.54. The highest BCUT2D eigenvalue weighted by atomic mass is 32.2. The Morgan fingerprint density at radius 3 is 1.61 bits per heavy atom. The average molecular weight is 324 g/mol. The van der Waals surface area contributed by atoms with Crippen molar-refractivity contribution < 1.29 is 10.2 Å². The third-order valence-corrected chi connectivity index (χ3v) is 4.56. The second-order valence-corrected chi connectivity index (χ2v) is 6.09. The normalized spacial score (nSPS) is 10.0. The fourth-order valence-electron chi connectivity index (χ4n) is 2.22. The molecule has 0 radical (unpaired) electrons. The molecule has 2 aromatic rings. The Bertz CT molecular complexity index is 710. The van der Waals surface area contributed by atoms with Crippen molar-refractivity contribution in [2.24, 2.45) is 0 Å². The third kappa shape index (κ3) is 4.67. The van der Waals surface area contributed by atoms with E-state index in [2.05, 4.69) is 12.1 Å². The molecule has 4 nitrogen and oxygen atoms in total. The summed E-state index contributed by atoms with van der Waals surface area (Å²) in [5, 5.41) is 36.8. The van der Waals surface area contributed by atoms with Crippen LogP contribution in [0.4, 0.5) is 0 Å². The van der Waals surface area contributed by atoms with Crippen LogP contribution >= 0.6 is 11.8 Å². The summed E-state index contributed by atoms with van der Waals surface area (Å²) in [6, 6.07) is 14.5. The van der Waals surface area contributed by atoms with Crippen LogP contribution in [0, 0.1) is 22.7 Å². The lowest BCUT2D eigenvalue weighted by molar-refractivity contribution is 0.473. The van der Waals surface area contributed by atoms with Gasteiger partial charge in [0.25, 0.3) is 0 Å². The lowest BCUT2D eigenvalue weighted by Gasteiger charge is -2.12. The number of nitrogens with zero attached hydrogens (tertiary/aromatic N) is 2. The lowest BCUT2D eigenvalue weighted by Crippen LogP contribution is -1.91. The van der Waals surface area contributed by atoms with Crippen LogP contribution in [0.3, 0.4) is 0 Å². The Hall–Kier alpha value is -2.63. The van der Waals surface area contributed by atoms with Crippen LogP contribution in [-0.4, -0.2) is 10.2 Å². The molecule has 0 heterocycles. The topological polar surface area (TPSA) is 88.0 Å². The maximum Gasteiger partial charge on any atom is 0.115 e.